The predicted molar refractivity (Wildman–Crippen MR) is 48.2 cm³/mol. The number of hydrogen-bond acceptors (Lipinski definition) is 3. The highest BCUT2D eigenvalue weighted by Crippen LogP contribution is 2.19. The normalized spacial score (nSPS) is 10.2. The lowest BCUT2D eigenvalue weighted by atomic mass is 10.2. The molecule has 3 nitrogen and oxygen atoms in total. The molecule has 2 aromatic rings. The molecule has 0 unspecified atom stereocenters. The van der Waals surface area contributed by atoms with Gasteiger partial charge >= 0.3 is 0 Å². The largest absolute Gasteiger partial charge is 0.506 e. The van der Waals surface area contributed by atoms with E-state index in [1.165, 1.54) is 6.07 Å². The second-order valence-corrected chi connectivity index (χ2v) is 2.65. The number of nitrogens with zero attached hydrogens (tertiary/aromatic N) is 1. The van der Waals surface area contributed by atoms with Crippen LogP contribution < -0.4 is 0 Å². The van der Waals surface area contributed by atoms with Crippen LogP contribution in [0.15, 0.2) is 30.3 Å². The Morgan fingerprint density at radius 3 is 2.85 bits per heavy atom. The number of para-hydroxylation sites is 1. The van der Waals surface area contributed by atoms with Crippen LogP contribution in [0.1, 0.15) is 5.69 Å². The number of rotatable bonds is 1. The third-order valence-electron chi connectivity index (χ3n) is 1.80. The summed E-state index contributed by atoms with van der Waals surface area (Å²) in [6.07, 6.45) is 1.58. The number of aromatic nitrogens is 1. The van der Waals surface area contributed by atoms with Gasteiger partial charge in [0.15, 0.2) is 5.69 Å². The Hall–Kier alpha value is -1.90. The molecule has 0 bridgehead atoms. The molecule has 63 valence electrons. The predicted octanol–water partition coefficient (Wildman–Crippen LogP) is 1.40. The van der Waals surface area contributed by atoms with E-state index in [9.17, 15) is 9.90 Å². The zero-order chi connectivity index (χ0) is 9.26. The lowest BCUT2D eigenvalue weighted by Crippen LogP contribution is -1.88. The average Bonchev–Trinajstić information content (AvgIpc) is 2.17. The quantitative estimate of drug-likeness (QED) is 0.707. The first-order chi connectivity index (χ1) is 6.31. The molecule has 0 amide bonds. The van der Waals surface area contributed by atoms with Crippen molar-refractivity contribution in [2.45, 2.75) is 0 Å². The van der Waals surface area contributed by atoms with E-state index in [0.717, 1.165) is 5.39 Å². The van der Waals surface area contributed by atoms with Gasteiger partial charge in [0.1, 0.15) is 5.75 Å². The molecule has 1 heterocycles. The molecule has 0 aliphatic heterocycles. The van der Waals surface area contributed by atoms with E-state index >= 15 is 0 Å². The standard InChI is InChI=1S/C10H6NO2/c12-6-9-10(13)5-7-3-1-2-4-8(7)11-9/h1-5,13H. The smallest absolute Gasteiger partial charge is 0.257 e. The summed E-state index contributed by atoms with van der Waals surface area (Å²) >= 11 is 0. The van der Waals surface area contributed by atoms with Gasteiger partial charge in [0.25, 0.3) is 6.29 Å². The van der Waals surface area contributed by atoms with Crippen molar-refractivity contribution in [2.75, 3.05) is 0 Å². The molecule has 13 heavy (non-hydrogen) atoms. The van der Waals surface area contributed by atoms with Gasteiger partial charge in [0, 0.05) is 5.39 Å². The van der Waals surface area contributed by atoms with Gasteiger partial charge in [-0.15, -0.1) is 0 Å². The van der Waals surface area contributed by atoms with Crippen LogP contribution >= 0.6 is 0 Å². The first-order valence-electron chi connectivity index (χ1n) is 3.78. The Kier molecular flexibility index (Phi) is 1.70. The second kappa shape index (κ2) is 2.86. The molecule has 1 N–H and O–H groups in total. The van der Waals surface area contributed by atoms with E-state index < -0.39 is 0 Å². The van der Waals surface area contributed by atoms with Gasteiger partial charge in [-0.3, -0.25) is 4.79 Å². The van der Waals surface area contributed by atoms with Crippen LogP contribution in [0.25, 0.3) is 10.9 Å². The van der Waals surface area contributed by atoms with E-state index in [-0.39, 0.29) is 11.4 Å². The topological polar surface area (TPSA) is 50.2 Å². The van der Waals surface area contributed by atoms with E-state index in [1.54, 1.807) is 12.4 Å². The molecule has 0 atom stereocenters. The number of carbonyl (C=O) groups excluding carboxylic acids is 1. The van der Waals surface area contributed by atoms with Gasteiger partial charge in [0.2, 0.25) is 0 Å². The Morgan fingerprint density at radius 2 is 2.08 bits per heavy atom. The van der Waals surface area contributed by atoms with Crippen molar-refractivity contribution in [1.29, 1.82) is 0 Å². The van der Waals surface area contributed by atoms with Crippen LogP contribution in [0.5, 0.6) is 5.75 Å². The van der Waals surface area contributed by atoms with E-state index in [2.05, 4.69) is 4.98 Å². The monoisotopic (exact) mass is 172 g/mol. The highest BCUT2D eigenvalue weighted by atomic mass is 16.3. The zero-order valence-corrected chi connectivity index (χ0v) is 6.69. The highest BCUT2D eigenvalue weighted by molar-refractivity contribution is 5.86. The van der Waals surface area contributed by atoms with Crippen LogP contribution in [0, 0.1) is 0 Å². The summed E-state index contributed by atoms with van der Waals surface area (Å²) < 4.78 is 0. The molecular weight excluding hydrogens is 166 g/mol. The number of benzene rings is 1. The molecule has 1 radical (unpaired) electrons. The molecule has 0 fully saturated rings. The number of hydrogen-bond donors (Lipinski definition) is 1. The van der Waals surface area contributed by atoms with Crippen LogP contribution in [-0.2, 0) is 4.79 Å². The van der Waals surface area contributed by atoms with Crippen LogP contribution in [0.4, 0.5) is 0 Å². The third-order valence-corrected chi connectivity index (χ3v) is 1.80. The minimum atomic E-state index is -0.131. The summed E-state index contributed by atoms with van der Waals surface area (Å²) in [6.45, 7) is 0. The van der Waals surface area contributed by atoms with Crippen LogP contribution in [0.2, 0.25) is 0 Å². The molecule has 1 aromatic carbocycles. The highest BCUT2D eigenvalue weighted by Gasteiger charge is 2.03. The maximum atomic E-state index is 10.3. The minimum Gasteiger partial charge on any atom is -0.506 e. The molecule has 1 aromatic heterocycles. The Morgan fingerprint density at radius 1 is 1.31 bits per heavy atom. The lowest BCUT2D eigenvalue weighted by molar-refractivity contribution is 0.470. The van der Waals surface area contributed by atoms with Crippen LogP contribution in [-0.4, -0.2) is 16.4 Å². The van der Waals surface area contributed by atoms with E-state index in [0.29, 0.717) is 5.52 Å². The van der Waals surface area contributed by atoms with Crippen molar-refractivity contribution in [1.82, 2.24) is 4.98 Å². The molecule has 2 rings (SSSR count). The maximum Gasteiger partial charge on any atom is 0.257 e. The Bertz CT molecular complexity index is 465. The molecule has 0 aliphatic carbocycles. The average molecular weight is 172 g/mol. The zero-order valence-electron chi connectivity index (χ0n) is 6.69. The van der Waals surface area contributed by atoms with Crippen molar-refractivity contribution in [2.24, 2.45) is 0 Å². The summed E-state index contributed by atoms with van der Waals surface area (Å²) in [5.74, 6) is -0.131. The first-order valence-corrected chi connectivity index (χ1v) is 3.78. The second-order valence-electron chi connectivity index (χ2n) is 2.65. The molecular formula is C10H6NO2. The van der Waals surface area contributed by atoms with Crippen molar-refractivity contribution in [3.05, 3.63) is 36.0 Å². The van der Waals surface area contributed by atoms with Gasteiger partial charge < -0.3 is 5.11 Å². The number of pyridine rings is 1. The first kappa shape index (κ1) is 7.73. The summed E-state index contributed by atoms with van der Waals surface area (Å²) in [6, 6.07) is 8.75. The molecule has 0 spiro atoms. The number of fused-ring (bicyclic) bond motifs is 1. The molecule has 0 saturated carbocycles. The summed E-state index contributed by atoms with van der Waals surface area (Å²) in [5.41, 5.74) is 0.636. The van der Waals surface area contributed by atoms with Gasteiger partial charge in [0.05, 0.1) is 5.52 Å². The van der Waals surface area contributed by atoms with Crippen molar-refractivity contribution in [3.63, 3.8) is 0 Å². The maximum absolute atomic E-state index is 10.3. The summed E-state index contributed by atoms with van der Waals surface area (Å²) in [7, 11) is 0. The fraction of sp³-hybridized carbons (Fsp3) is 0. The van der Waals surface area contributed by atoms with Gasteiger partial charge in [-0.2, -0.15) is 0 Å². The summed E-state index contributed by atoms with van der Waals surface area (Å²) in [4.78, 5) is 14.2. The molecule has 3 heteroatoms. The van der Waals surface area contributed by atoms with E-state index in [4.69, 9.17) is 0 Å². The number of aromatic hydroxyl groups is 1. The lowest BCUT2D eigenvalue weighted by Gasteiger charge is -1.99. The van der Waals surface area contributed by atoms with Crippen molar-refractivity contribution >= 4 is 17.2 Å². The molecule has 0 aliphatic rings. The van der Waals surface area contributed by atoms with Gasteiger partial charge in [-0.05, 0) is 12.1 Å². The fourth-order valence-electron chi connectivity index (χ4n) is 1.18. The summed E-state index contributed by atoms with van der Waals surface area (Å²) in [5, 5.41) is 10.1. The molecule has 0 saturated heterocycles. The third kappa shape index (κ3) is 1.24. The fourth-order valence-corrected chi connectivity index (χ4v) is 1.18. The van der Waals surface area contributed by atoms with Gasteiger partial charge in [-0.1, -0.05) is 18.2 Å². The van der Waals surface area contributed by atoms with E-state index in [1.807, 2.05) is 18.2 Å². The van der Waals surface area contributed by atoms with Crippen molar-refractivity contribution < 1.29 is 9.90 Å². The minimum absolute atomic E-state index is 0.0429. The Balaban J connectivity index is 2.81. The van der Waals surface area contributed by atoms with Crippen molar-refractivity contribution in [3.8, 4) is 5.75 Å². The Labute approximate surface area is 74.7 Å². The van der Waals surface area contributed by atoms with Crippen LogP contribution in [0.3, 0.4) is 0 Å². The SMILES string of the molecule is O=[C]c1nc2ccccc2cc1O. The van der Waals surface area contributed by atoms with Gasteiger partial charge in [-0.25, -0.2) is 4.98 Å².